The lowest BCUT2D eigenvalue weighted by Crippen LogP contribution is -2.40. The lowest BCUT2D eigenvalue weighted by molar-refractivity contribution is 0.00473. The van der Waals surface area contributed by atoms with Gasteiger partial charge in [0.15, 0.2) is 22.8 Å². The number of tetrazole rings is 1. The molecule has 2 aromatic carbocycles. The maximum absolute atomic E-state index is 12.6. The minimum Gasteiger partial charge on any atom is -0.508 e. The van der Waals surface area contributed by atoms with Crippen LogP contribution in [0, 0.1) is 0 Å². The highest BCUT2D eigenvalue weighted by Crippen LogP contribution is 2.40. The second kappa shape index (κ2) is 14.5. The summed E-state index contributed by atoms with van der Waals surface area (Å²) in [5, 5.41) is 61.5. The van der Waals surface area contributed by atoms with Crippen molar-refractivity contribution in [2.75, 3.05) is 29.9 Å². The van der Waals surface area contributed by atoms with E-state index in [4.69, 9.17) is 19.7 Å². The molecule has 17 nitrogen and oxygen atoms in total. The first kappa shape index (κ1) is 35.8. The first-order chi connectivity index (χ1) is 25.4. The van der Waals surface area contributed by atoms with Crippen molar-refractivity contribution in [3.05, 3.63) is 71.8 Å². The van der Waals surface area contributed by atoms with Crippen LogP contribution >= 0.6 is 0 Å². The van der Waals surface area contributed by atoms with Gasteiger partial charge in [0.2, 0.25) is 5.95 Å². The van der Waals surface area contributed by atoms with Gasteiger partial charge < -0.3 is 45.3 Å². The van der Waals surface area contributed by atoms with Crippen LogP contribution in [0.3, 0.4) is 0 Å². The minimum atomic E-state index is -1.18. The predicted octanol–water partition coefficient (Wildman–Crippen LogP) is 3.04. The Morgan fingerprint density at radius 1 is 0.981 bits per heavy atom. The Balaban J connectivity index is 1.23. The number of ether oxygens (including phenoxy) is 1. The molecule has 0 spiro atoms. The smallest absolute Gasteiger partial charge is 0.407 e. The molecule has 2 aliphatic rings. The molecule has 2 fully saturated rings. The van der Waals surface area contributed by atoms with E-state index >= 15 is 0 Å². The Morgan fingerprint density at radius 3 is 2.26 bits per heavy atom. The average Bonchev–Trinajstić information content (AvgIpc) is 3.93. The topological polar surface area (TPSA) is 222 Å². The predicted molar refractivity (Wildman–Crippen MR) is 194 cm³/mol. The molecule has 5 atom stereocenters. The van der Waals surface area contributed by atoms with E-state index in [0.29, 0.717) is 67.7 Å². The number of hydrogen-bond acceptors (Lipinski definition) is 14. The number of imidazole rings is 1. The summed E-state index contributed by atoms with van der Waals surface area (Å²) < 4.78 is 7.24. The second-order valence-electron chi connectivity index (χ2n) is 14.6. The van der Waals surface area contributed by atoms with Gasteiger partial charge in [-0.15, -0.1) is 10.2 Å². The maximum Gasteiger partial charge on any atom is 0.407 e. The van der Waals surface area contributed by atoms with Gasteiger partial charge in [0, 0.05) is 32.0 Å². The molecule has 1 aliphatic heterocycles. The van der Waals surface area contributed by atoms with Gasteiger partial charge in [-0.2, -0.15) is 14.8 Å². The summed E-state index contributed by atoms with van der Waals surface area (Å²) in [5.41, 5.74) is 2.13. The number of fused-ring (bicyclic) bond motifs is 1. The normalized spacial score (nSPS) is 21.8. The second-order valence-corrected chi connectivity index (χ2v) is 14.6. The van der Waals surface area contributed by atoms with E-state index in [1.54, 1.807) is 35.2 Å². The molecule has 53 heavy (non-hydrogen) atoms. The van der Waals surface area contributed by atoms with Gasteiger partial charge in [-0.25, -0.2) is 9.78 Å². The Bertz CT molecular complexity index is 2000. The van der Waals surface area contributed by atoms with Crippen molar-refractivity contribution in [1.29, 1.82) is 0 Å². The quantitative estimate of drug-likeness (QED) is 0.122. The van der Waals surface area contributed by atoms with E-state index in [2.05, 4.69) is 26.0 Å². The molecular formula is C36H45N11O6. The molecule has 1 amide bonds. The van der Waals surface area contributed by atoms with E-state index in [0.717, 1.165) is 11.1 Å². The Kier molecular flexibility index (Phi) is 9.78. The van der Waals surface area contributed by atoms with Gasteiger partial charge in [0.1, 0.15) is 35.3 Å². The minimum absolute atomic E-state index is 0.149. The third kappa shape index (κ3) is 7.66. The van der Waals surface area contributed by atoms with Gasteiger partial charge in [0.25, 0.3) is 0 Å². The monoisotopic (exact) mass is 727 g/mol. The number of amides is 1. The van der Waals surface area contributed by atoms with Crippen LogP contribution in [0.15, 0.2) is 54.9 Å². The van der Waals surface area contributed by atoms with E-state index in [-0.39, 0.29) is 23.5 Å². The van der Waals surface area contributed by atoms with Crippen molar-refractivity contribution in [2.24, 2.45) is 0 Å². The number of nitrogens with zero attached hydrogens (tertiary/aromatic N) is 9. The zero-order chi connectivity index (χ0) is 37.4. The van der Waals surface area contributed by atoms with E-state index < -0.39 is 36.0 Å². The highest BCUT2D eigenvalue weighted by atomic mass is 16.6. The summed E-state index contributed by atoms with van der Waals surface area (Å²) in [4.78, 5) is 30.6. The Labute approximate surface area is 305 Å². The van der Waals surface area contributed by atoms with Crippen molar-refractivity contribution in [3.8, 4) is 11.5 Å². The lowest BCUT2D eigenvalue weighted by atomic mass is 9.91. The molecule has 0 radical (unpaired) electrons. The van der Waals surface area contributed by atoms with Gasteiger partial charge >= 0.3 is 6.09 Å². The number of alkyl carbamates (subject to hydrolysis) is 1. The maximum atomic E-state index is 12.6. The van der Waals surface area contributed by atoms with Gasteiger partial charge in [-0.3, -0.25) is 0 Å². The van der Waals surface area contributed by atoms with Crippen molar-refractivity contribution < 1.29 is 30.0 Å². The number of hydrogen-bond donors (Lipinski definition) is 6. The van der Waals surface area contributed by atoms with Crippen LogP contribution in [0.5, 0.6) is 11.5 Å². The zero-order valence-electron chi connectivity index (χ0n) is 30.0. The number of phenolic OH excluding ortho intramolecular Hbond substituents is 2. The SMILES string of the molecule is CCc1nnn([C@H]2C[C@@H](n3cnc4c(NCC(c5ccc(O)cc5)c5ccc(O)cc5)nc(N5CC[C@@H](NC(=O)OC(C)(C)C)C5)nc43)[C@H](O)[C@@H]2O)n1. The molecule has 17 heteroatoms. The molecule has 1 aliphatic carbocycles. The largest absolute Gasteiger partial charge is 0.508 e. The molecule has 0 bridgehead atoms. The van der Waals surface area contributed by atoms with Gasteiger partial charge in [-0.05, 0) is 74.2 Å². The van der Waals surface area contributed by atoms with Crippen LogP contribution in [0.4, 0.5) is 16.6 Å². The third-order valence-corrected chi connectivity index (χ3v) is 9.73. The number of carbonyl (C=O) groups is 1. The van der Waals surface area contributed by atoms with Crippen LogP contribution < -0.4 is 15.5 Å². The summed E-state index contributed by atoms with van der Waals surface area (Å²) >= 11 is 0. The highest BCUT2D eigenvalue weighted by Gasteiger charge is 2.45. The van der Waals surface area contributed by atoms with E-state index in [9.17, 15) is 25.2 Å². The van der Waals surface area contributed by atoms with Crippen LogP contribution in [0.1, 0.15) is 75.5 Å². The molecular weight excluding hydrogens is 682 g/mol. The molecule has 4 heterocycles. The lowest BCUT2D eigenvalue weighted by Gasteiger charge is -2.23. The van der Waals surface area contributed by atoms with Gasteiger partial charge in [0.05, 0.1) is 18.4 Å². The van der Waals surface area contributed by atoms with Crippen LogP contribution in [-0.4, -0.2) is 110 Å². The molecule has 280 valence electrons. The standard InChI is InChI=1S/C36H45N11O6/c1-5-28-42-44-47(43-28)27-16-26(30(50)31(27)51)46-19-38-29-32(37-17-25(20-6-10-23(48)11-7-20)21-8-12-24(49)13-9-21)40-34(41-33(29)46)45-15-14-22(18-45)39-35(52)53-36(2,3)4/h6-13,19,22,25-27,30-31,48-51H,5,14-18H2,1-4H3,(H,39,52)(H,37,40,41)/t22-,26-,27+,30+,31-/m1/s1. The number of carbonyl (C=O) groups excluding carboxylic acids is 1. The molecule has 7 rings (SSSR count). The van der Waals surface area contributed by atoms with Crippen molar-refractivity contribution in [3.63, 3.8) is 0 Å². The Hall–Kier alpha value is -5.55. The molecule has 1 saturated heterocycles. The number of aromatic hydroxyl groups is 2. The fourth-order valence-electron chi connectivity index (χ4n) is 7.01. The number of aromatic nitrogens is 8. The number of aryl methyl sites for hydroxylation is 1. The summed E-state index contributed by atoms with van der Waals surface area (Å²) in [6.07, 6.45) is 0.291. The molecule has 3 aromatic heterocycles. The zero-order valence-corrected chi connectivity index (χ0v) is 30.0. The molecule has 6 N–H and O–H groups in total. The van der Waals surface area contributed by atoms with Crippen molar-refractivity contribution >= 4 is 29.0 Å². The van der Waals surface area contributed by atoms with Crippen LogP contribution in [0.2, 0.25) is 0 Å². The summed E-state index contributed by atoms with van der Waals surface area (Å²) in [6, 6.07) is 12.5. The number of aliphatic hydroxyl groups excluding tert-OH is 2. The fraction of sp³-hybridized carbons (Fsp3) is 0.472. The summed E-state index contributed by atoms with van der Waals surface area (Å²) in [5.74, 6) is 1.48. The van der Waals surface area contributed by atoms with Crippen molar-refractivity contribution in [1.82, 2.24) is 45.0 Å². The van der Waals surface area contributed by atoms with Crippen LogP contribution in [-0.2, 0) is 11.2 Å². The van der Waals surface area contributed by atoms with Crippen molar-refractivity contribution in [2.45, 2.75) is 88.8 Å². The highest BCUT2D eigenvalue weighted by molar-refractivity contribution is 5.84. The first-order valence-corrected chi connectivity index (χ1v) is 17.8. The van der Waals surface area contributed by atoms with E-state index in [1.807, 2.05) is 56.9 Å². The number of anilines is 2. The van der Waals surface area contributed by atoms with E-state index in [1.165, 1.54) is 4.80 Å². The van der Waals surface area contributed by atoms with Crippen LogP contribution in [0.25, 0.3) is 11.2 Å². The summed E-state index contributed by atoms with van der Waals surface area (Å²) in [7, 11) is 0. The number of benzene rings is 2. The number of nitrogens with one attached hydrogen (secondary N) is 2. The third-order valence-electron chi connectivity index (χ3n) is 9.73. The number of aliphatic hydroxyl groups is 2. The number of phenols is 2. The average molecular weight is 728 g/mol. The molecule has 0 unspecified atom stereocenters. The van der Waals surface area contributed by atoms with Gasteiger partial charge in [-0.1, -0.05) is 31.2 Å². The number of rotatable bonds is 10. The first-order valence-electron chi connectivity index (χ1n) is 17.8. The summed E-state index contributed by atoms with van der Waals surface area (Å²) in [6.45, 7) is 8.72. The fourth-order valence-corrected chi connectivity index (χ4v) is 7.01. The molecule has 1 saturated carbocycles. The Morgan fingerprint density at radius 2 is 1.64 bits per heavy atom. The molecule has 5 aromatic rings.